The number of amides is 1. The highest BCUT2D eigenvalue weighted by Crippen LogP contribution is 2.28. The predicted octanol–water partition coefficient (Wildman–Crippen LogP) is 2.55. The Kier molecular flexibility index (Phi) is 5.40. The summed E-state index contributed by atoms with van der Waals surface area (Å²) < 4.78 is 0. The Bertz CT molecular complexity index is 861. The number of aromatic amines is 1. The molecule has 2 N–H and O–H groups in total. The molecule has 0 saturated carbocycles. The normalized spacial score (nSPS) is 10.5. The van der Waals surface area contributed by atoms with Crippen molar-refractivity contribution in [3.63, 3.8) is 0 Å². The number of H-pyrrole nitrogens is 1. The van der Waals surface area contributed by atoms with Gasteiger partial charge >= 0.3 is 0 Å². The highest BCUT2D eigenvalue weighted by Gasteiger charge is 2.17. The number of nitrogens with one attached hydrogen (secondary N) is 2. The van der Waals surface area contributed by atoms with E-state index < -0.39 is 10.8 Å². The monoisotopic (exact) mass is 347 g/mol. The summed E-state index contributed by atoms with van der Waals surface area (Å²) in [5, 5.41) is 13.7. The summed E-state index contributed by atoms with van der Waals surface area (Å²) in [6.07, 6.45) is 1.73. The maximum Gasteiger partial charge on any atom is 0.283 e. The molecular formula is C16H17N3O4S. The molecule has 1 amide bonds. The first kappa shape index (κ1) is 17.7. The lowest BCUT2D eigenvalue weighted by Gasteiger charge is -2.09. The largest absolute Gasteiger partial charge is 0.348 e. The molecule has 0 unspecified atom stereocenters. The SMILES string of the molecule is CSc1ccc(C(=O)NCc2c(C)cc(C)[nH]c2=O)cc1[N+](=O)[O-]. The maximum atomic E-state index is 12.2. The van der Waals surface area contributed by atoms with E-state index in [0.717, 1.165) is 11.3 Å². The lowest BCUT2D eigenvalue weighted by atomic mass is 10.1. The smallest absolute Gasteiger partial charge is 0.283 e. The van der Waals surface area contributed by atoms with E-state index in [0.29, 0.717) is 10.5 Å². The van der Waals surface area contributed by atoms with Crippen molar-refractivity contribution >= 4 is 23.4 Å². The van der Waals surface area contributed by atoms with E-state index in [4.69, 9.17) is 0 Å². The molecule has 0 spiro atoms. The lowest BCUT2D eigenvalue weighted by molar-refractivity contribution is -0.387. The number of rotatable bonds is 5. The van der Waals surface area contributed by atoms with Crippen LogP contribution < -0.4 is 10.9 Å². The number of hydrogen-bond donors (Lipinski definition) is 2. The summed E-state index contributed by atoms with van der Waals surface area (Å²) >= 11 is 1.24. The van der Waals surface area contributed by atoms with Crippen LogP contribution in [0.1, 0.15) is 27.2 Å². The molecule has 0 saturated heterocycles. The fourth-order valence-electron chi connectivity index (χ4n) is 2.35. The van der Waals surface area contributed by atoms with Crippen molar-refractivity contribution in [2.24, 2.45) is 0 Å². The van der Waals surface area contributed by atoms with Gasteiger partial charge in [0.25, 0.3) is 17.2 Å². The third-order valence-corrected chi connectivity index (χ3v) is 4.34. The van der Waals surface area contributed by atoms with Gasteiger partial charge in [-0.1, -0.05) is 0 Å². The molecule has 0 fully saturated rings. The topological polar surface area (TPSA) is 105 Å². The van der Waals surface area contributed by atoms with Gasteiger partial charge in [-0.2, -0.15) is 0 Å². The Hall–Kier alpha value is -2.61. The molecule has 0 radical (unpaired) electrons. The number of carbonyl (C=O) groups is 1. The number of aromatic nitrogens is 1. The van der Waals surface area contributed by atoms with Crippen LogP contribution in [0.2, 0.25) is 0 Å². The Morgan fingerprint density at radius 2 is 2.04 bits per heavy atom. The van der Waals surface area contributed by atoms with Gasteiger partial charge in [-0.3, -0.25) is 19.7 Å². The highest BCUT2D eigenvalue weighted by molar-refractivity contribution is 7.98. The summed E-state index contributed by atoms with van der Waals surface area (Å²) in [6.45, 7) is 3.63. The van der Waals surface area contributed by atoms with Crippen LogP contribution in [0, 0.1) is 24.0 Å². The molecule has 7 nitrogen and oxygen atoms in total. The molecule has 126 valence electrons. The first-order chi connectivity index (χ1) is 11.3. The number of nitro groups is 1. The van der Waals surface area contributed by atoms with E-state index in [-0.39, 0.29) is 23.4 Å². The Balaban J connectivity index is 2.21. The Morgan fingerprint density at radius 3 is 2.62 bits per heavy atom. The molecule has 0 atom stereocenters. The van der Waals surface area contributed by atoms with Gasteiger partial charge in [-0.15, -0.1) is 11.8 Å². The zero-order valence-corrected chi connectivity index (χ0v) is 14.3. The van der Waals surface area contributed by atoms with Gasteiger partial charge in [0, 0.05) is 29.4 Å². The van der Waals surface area contributed by atoms with Crippen molar-refractivity contribution in [1.82, 2.24) is 10.3 Å². The fraction of sp³-hybridized carbons (Fsp3) is 0.250. The van der Waals surface area contributed by atoms with Gasteiger partial charge < -0.3 is 10.3 Å². The van der Waals surface area contributed by atoms with Crippen molar-refractivity contribution in [2.75, 3.05) is 6.26 Å². The summed E-state index contributed by atoms with van der Waals surface area (Å²) in [7, 11) is 0. The molecule has 1 aromatic carbocycles. The number of benzene rings is 1. The van der Waals surface area contributed by atoms with Crippen LogP contribution in [-0.4, -0.2) is 22.1 Å². The van der Waals surface area contributed by atoms with Gasteiger partial charge in [0.2, 0.25) is 0 Å². The van der Waals surface area contributed by atoms with Gasteiger partial charge in [-0.05, 0) is 43.9 Å². The zero-order chi connectivity index (χ0) is 17.9. The van der Waals surface area contributed by atoms with Crippen LogP contribution in [0.3, 0.4) is 0 Å². The minimum absolute atomic E-state index is 0.0539. The average molecular weight is 347 g/mol. The van der Waals surface area contributed by atoms with E-state index in [1.54, 1.807) is 26.2 Å². The molecule has 2 aromatic rings. The summed E-state index contributed by atoms with van der Waals surface area (Å²) in [5.41, 5.74) is 1.80. The number of nitro benzene ring substituents is 1. The van der Waals surface area contributed by atoms with Crippen molar-refractivity contribution in [1.29, 1.82) is 0 Å². The standard InChI is InChI=1S/C16H17N3O4S/c1-9-6-10(2)18-16(21)12(9)8-17-15(20)11-4-5-14(24-3)13(7-11)19(22)23/h4-7H,8H2,1-3H3,(H,17,20)(H,18,21). The summed E-state index contributed by atoms with van der Waals surface area (Å²) in [4.78, 5) is 37.9. The van der Waals surface area contributed by atoms with Crippen LogP contribution in [0.4, 0.5) is 5.69 Å². The van der Waals surface area contributed by atoms with Gasteiger partial charge in [-0.25, -0.2) is 0 Å². The molecule has 0 aliphatic heterocycles. The minimum atomic E-state index is -0.516. The van der Waals surface area contributed by atoms with E-state index in [9.17, 15) is 19.7 Å². The molecule has 0 aliphatic rings. The number of pyridine rings is 1. The van der Waals surface area contributed by atoms with Crippen molar-refractivity contribution in [3.8, 4) is 0 Å². The van der Waals surface area contributed by atoms with Crippen LogP contribution in [0.5, 0.6) is 0 Å². The zero-order valence-electron chi connectivity index (χ0n) is 13.5. The van der Waals surface area contributed by atoms with Crippen molar-refractivity contribution < 1.29 is 9.72 Å². The van der Waals surface area contributed by atoms with Crippen molar-refractivity contribution in [2.45, 2.75) is 25.3 Å². The number of nitrogens with zero attached hydrogens (tertiary/aromatic N) is 1. The molecule has 0 bridgehead atoms. The molecule has 0 aliphatic carbocycles. The van der Waals surface area contributed by atoms with E-state index in [2.05, 4.69) is 10.3 Å². The van der Waals surface area contributed by atoms with Gasteiger partial charge in [0.05, 0.1) is 9.82 Å². The average Bonchev–Trinajstić information content (AvgIpc) is 2.52. The second-order valence-corrected chi connectivity index (χ2v) is 6.12. The first-order valence-electron chi connectivity index (χ1n) is 7.13. The number of carbonyl (C=O) groups excluding carboxylic acids is 1. The van der Waals surface area contributed by atoms with E-state index in [1.165, 1.54) is 23.9 Å². The minimum Gasteiger partial charge on any atom is -0.348 e. The molecule has 1 heterocycles. The quantitative estimate of drug-likeness (QED) is 0.491. The van der Waals surface area contributed by atoms with Crippen molar-refractivity contribution in [3.05, 3.63) is 67.1 Å². The van der Waals surface area contributed by atoms with Crippen LogP contribution in [0.25, 0.3) is 0 Å². The highest BCUT2D eigenvalue weighted by atomic mass is 32.2. The summed E-state index contributed by atoms with van der Waals surface area (Å²) in [6, 6.07) is 6.14. The summed E-state index contributed by atoms with van der Waals surface area (Å²) in [5.74, 6) is -0.467. The first-order valence-corrected chi connectivity index (χ1v) is 8.36. The second kappa shape index (κ2) is 7.31. The van der Waals surface area contributed by atoms with E-state index in [1.807, 2.05) is 6.07 Å². The molecular weight excluding hydrogens is 330 g/mol. The van der Waals surface area contributed by atoms with Crippen LogP contribution in [0.15, 0.2) is 34.0 Å². The predicted molar refractivity (Wildman–Crippen MR) is 92.6 cm³/mol. The molecule has 1 aromatic heterocycles. The lowest BCUT2D eigenvalue weighted by Crippen LogP contribution is -2.28. The van der Waals surface area contributed by atoms with Crippen LogP contribution in [-0.2, 0) is 6.54 Å². The third-order valence-electron chi connectivity index (χ3n) is 3.56. The maximum absolute atomic E-state index is 12.2. The van der Waals surface area contributed by atoms with Crippen LogP contribution >= 0.6 is 11.8 Å². The Morgan fingerprint density at radius 1 is 1.33 bits per heavy atom. The third kappa shape index (κ3) is 3.83. The molecule has 24 heavy (non-hydrogen) atoms. The number of thioether (sulfide) groups is 1. The number of hydrogen-bond acceptors (Lipinski definition) is 5. The molecule has 2 rings (SSSR count). The number of aryl methyl sites for hydroxylation is 2. The van der Waals surface area contributed by atoms with Gasteiger partial charge in [0.1, 0.15) is 0 Å². The van der Waals surface area contributed by atoms with Gasteiger partial charge in [0.15, 0.2) is 0 Å². The van der Waals surface area contributed by atoms with E-state index >= 15 is 0 Å². The Labute approximate surface area is 142 Å². The fourth-order valence-corrected chi connectivity index (χ4v) is 2.89. The molecule has 8 heteroatoms. The second-order valence-electron chi connectivity index (χ2n) is 5.27.